The van der Waals surface area contributed by atoms with Crippen molar-refractivity contribution in [2.75, 3.05) is 13.1 Å². The minimum absolute atomic E-state index is 0.0596. The molecular formula is C18H26Cl2N2O. The third-order valence-corrected chi connectivity index (χ3v) is 5.14. The largest absolute Gasteiger partial charge is 0.353 e. The molecule has 2 atom stereocenters. The van der Waals surface area contributed by atoms with E-state index in [0.29, 0.717) is 16.6 Å². The Labute approximate surface area is 149 Å². The SMILES string of the molecule is CCC[C@@H](C)NC(=O)[C@H]1CCCN(Cc2c(Cl)cccc2Cl)C1. The summed E-state index contributed by atoms with van der Waals surface area (Å²) in [5.41, 5.74) is 0.955. The zero-order chi connectivity index (χ0) is 16.8. The van der Waals surface area contributed by atoms with Gasteiger partial charge in [-0.25, -0.2) is 0 Å². The van der Waals surface area contributed by atoms with Gasteiger partial charge in [0.2, 0.25) is 5.91 Å². The van der Waals surface area contributed by atoms with E-state index >= 15 is 0 Å². The Morgan fingerprint density at radius 2 is 2.09 bits per heavy atom. The fourth-order valence-corrected chi connectivity index (χ4v) is 3.70. The van der Waals surface area contributed by atoms with E-state index in [1.54, 1.807) is 0 Å². The van der Waals surface area contributed by atoms with Gasteiger partial charge in [0.15, 0.2) is 0 Å². The molecule has 0 aliphatic carbocycles. The molecule has 3 nitrogen and oxygen atoms in total. The van der Waals surface area contributed by atoms with Crippen molar-refractivity contribution in [3.05, 3.63) is 33.8 Å². The molecule has 2 rings (SSSR count). The van der Waals surface area contributed by atoms with E-state index in [1.807, 2.05) is 18.2 Å². The van der Waals surface area contributed by atoms with E-state index in [9.17, 15) is 4.79 Å². The predicted octanol–water partition coefficient (Wildman–Crippen LogP) is 4.51. The summed E-state index contributed by atoms with van der Waals surface area (Å²) in [6, 6.07) is 5.84. The number of nitrogens with one attached hydrogen (secondary N) is 1. The van der Waals surface area contributed by atoms with Crippen LogP contribution in [0.1, 0.15) is 45.1 Å². The Kier molecular flexibility index (Phi) is 7.19. The lowest BCUT2D eigenvalue weighted by atomic mass is 9.96. The van der Waals surface area contributed by atoms with Crippen molar-refractivity contribution in [3.8, 4) is 0 Å². The average molecular weight is 357 g/mol. The second-order valence-electron chi connectivity index (χ2n) is 6.47. The van der Waals surface area contributed by atoms with Crippen molar-refractivity contribution in [1.29, 1.82) is 0 Å². The van der Waals surface area contributed by atoms with Crippen LogP contribution in [0.4, 0.5) is 0 Å². The molecule has 128 valence electrons. The number of nitrogens with zero attached hydrogens (tertiary/aromatic N) is 1. The van der Waals surface area contributed by atoms with Crippen LogP contribution in [0.3, 0.4) is 0 Å². The van der Waals surface area contributed by atoms with Gasteiger partial charge in [0.1, 0.15) is 0 Å². The maximum atomic E-state index is 12.4. The number of hydrogen-bond acceptors (Lipinski definition) is 2. The summed E-state index contributed by atoms with van der Waals surface area (Å²) < 4.78 is 0. The second-order valence-corrected chi connectivity index (χ2v) is 7.29. The van der Waals surface area contributed by atoms with Crippen LogP contribution in [-0.4, -0.2) is 29.9 Å². The summed E-state index contributed by atoms with van der Waals surface area (Å²) >= 11 is 12.5. The molecule has 1 saturated heterocycles. The quantitative estimate of drug-likeness (QED) is 0.812. The average Bonchev–Trinajstić information content (AvgIpc) is 2.51. The third-order valence-electron chi connectivity index (χ3n) is 4.43. The highest BCUT2D eigenvalue weighted by atomic mass is 35.5. The van der Waals surface area contributed by atoms with Gasteiger partial charge >= 0.3 is 0 Å². The van der Waals surface area contributed by atoms with Crippen molar-refractivity contribution in [1.82, 2.24) is 10.2 Å². The van der Waals surface area contributed by atoms with Gasteiger partial charge in [-0.3, -0.25) is 9.69 Å². The Hall–Kier alpha value is -0.770. The van der Waals surface area contributed by atoms with E-state index in [4.69, 9.17) is 23.2 Å². The predicted molar refractivity (Wildman–Crippen MR) is 97.0 cm³/mol. The van der Waals surface area contributed by atoms with Gasteiger partial charge in [0, 0.05) is 34.7 Å². The normalized spacial score (nSPS) is 20.3. The van der Waals surface area contributed by atoms with Gasteiger partial charge in [-0.05, 0) is 44.9 Å². The summed E-state index contributed by atoms with van der Waals surface area (Å²) in [5, 5.41) is 4.53. The Morgan fingerprint density at radius 1 is 1.39 bits per heavy atom. The highest BCUT2D eigenvalue weighted by molar-refractivity contribution is 6.35. The molecule has 1 aromatic rings. The van der Waals surface area contributed by atoms with Crippen LogP contribution in [0, 0.1) is 5.92 Å². The zero-order valence-electron chi connectivity index (χ0n) is 13.9. The van der Waals surface area contributed by atoms with Crippen LogP contribution in [0.15, 0.2) is 18.2 Å². The topological polar surface area (TPSA) is 32.3 Å². The maximum Gasteiger partial charge on any atom is 0.224 e. The van der Waals surface area contributed by atoms with Crippen molar-refractivity contribution >= 4 is 29.1 Å². The molecule has 1 aromatic carbocycles. The lowest BCUT2D eigenvalue weighted by Gasteiger charge is -2.33. The van der Waals surface area contributed by atoms with Gasteiger partial charge < -0.3 is 5.32 Å². The molecule has 5 heteroatoms. The van der Waals surface area contributed by atoms with Crippen LogP contribution in [0.5, 0.6) is 0 Å². The summed E-state index contributed by atoms with van der Waals surface area (Å²) in [6.45, 7) is 6.67. The molecule has 0 saturated carbocycles. The number of carbonyl (C=O) groups is 1. The second kappa shape index (κ2) is 8.91. The molecule has 1 amide bonds. The molecule has 0 unspecified atom stereocenters. The Balaban J connectivity index is 1.94. The number of hydrogen-bond donors (Lipinski definition) is 1. The summed E-state index contributed by atoms with van der Waals surface area (Å²) in [4.78, 5) is 14.7. The first-order valence-electron chi connectivity index (χ1n) is 8.46. The van der Waals surface area contributed by atoms with Gasteiger partial charge in [0.25, 0.3) is 0 Å². The van der Waals surface area contributed by atoms with Gasteiger partial charge in [-0.15, -0.1) is 0 Å². The van der Waals surface area contributed by atoms with E-state index in [1.165, 1.54) is 0 Å². The fourth-order valence-electron chi connectivity index (χ4n) is 3.19. The number of piperidine rings is 1. The summed E-state index contributed by atoms with van der Waals surface area (Å²) in [6.07, 6.45) is 4.10. The Bertz CT molecular complexity index is 516. The van der Waals surface area contributed by atoms with E-state index in [2.05, 4.69) is 24.1 Å². The van der Waals surface area contributed by atoms with Gasteiger partial charge in [0.05, 0.1) is 5.92 Å². The van der Waals surface area contributed by atoms with Crippen LogP contribution in [0.2, 0.25) is 10.0 Å². The Morgan fingerprint density at radius 3 is 2.74 bits per heavy atom. The van der Waals surface area contributed by atoms with Crippen LogP contribution in [-0.2, 0) is 11.3 Å². The molecule has 1 N–H and O–H groups in total. The van der Waals surface area contributed by atoms with Crippen LogP contribution in [0.25, 0.3) is 0 Å². The van der Waals surface area contributed by atoms with Crippen molar-refractivity contribution in [2.24, 2.45) is 5.92 Å². The summed E-state index contributed by atoms with van der Waals surface area (Å²) in [5.74, 6) is 0.241. The van der Waals surface area contributed by atoms with Gasteiger partial charge in [-0.1, -0.05) is 42.6 Å². The van der Waals surface area contributed by atoms with E-state index in [-0.39, 0.29) is 17.9 Å². The fraction of sp³-hybridized carbons (Fsp3) is 0.611. The van der Waals surface area contributed by atoms with E-state index in [0.717, 1.165) is 44.3 Å². The zero-order valence-corrected chi connectivity index (χ0v) is 15.5. The molecule has 0 bridgehead atoms. The molecule has 1 aliphatic rings. The van der Waals surface area contributed by atoms with E-state index < -0.39 is 0 Å². The number of carbonyl (C=O) groups excluding carboxylic acids is 1. The standard InChI is InChI=1S/C18H26Cl2N2O/c1-3-6-13(2)21-18(23)14-7-5-10-22(11-14)12-15-16(19)8-4-9-17(15)20/h4,8-9,13-14H,3,5-7,10-12H2,1-2H3,(H,21,23)/t13-,14+/m1/s1. The van der Waals surface area contributed by atoms with Crippen molar-refractivity contribution < 1.29 is 4.79 Å². The molecule has 0 radical (unpaired) electrons. The van der Waals surface area contributed by atoms with Crippen LogP contribution >= 0.6 is 23.2 Å². The molecule has 23 heavy (non-hydrogen) atoms. The van der Waals surface area contributed by atoms with Gasteiger partial charge in [-0.2, -0.15) is 0 Å². The molecular weight excluding hydrogens is 331 g/mol. The third kappa shape index (κ3) is 5.37. The molecule has 1 heterocycles. The number of halogens is 2. The minimum Gasteiger partial charge on any atom is -0.353 e. The lowest BCUT2D eigenvalue weighted by molar-refractivity contribution is -0.127. The first-order chi connectivity index (χ1) is 11.0. The molecule has 1 aliphatic heterocycles. The number of benzene rings is 1. The van der Waals surface area contributed by atoms with Crippen LogP contribution < -0.4 is 5.32 Å². The summed E-state index contributed by atoms with van der Waals surface area (Å²) in [7, 11) is 0. The van der Waals surface area contributed by atoms with Crippen molar-refractivity contribution in [2.45, 2.75) is 52.1 Å². The highest BCUT2D eigenvalue weighted by Crippen LogP contribution is 2.27. The smallest absolute Gasteiger partial charge is 0.224 e. The molecule has 0 spiro atoms. The molecule has 0 aromatic heterocycles. The first-order valence-corrected chi connectivity index (χ1v) is 9.22. The maximum absolute atomic E-state index is 12.4. The molecule has 1 fully saturated rings. The number of likely N-dealkylation sites (tertiary alicyclic amines) is 1. The highest BCUT2D eigenvalue weighted by Gasteiger charge is 2.27. The number of amides is 1. The monoisotopic (exact) mass is 356 g/mol. The first kappa shape index (κ1) is 18.6. The minimum atomic E-state index is 0.0596. The number of rotatable bonds is 6. The van der Waals surface area contributed by atoms with Crippen molar-refractivity contribution in [3.63, 3.8) is 0 Å². The lowest BCUT2D eigenvalue weighted by Crippen LogP contribution is -2.45.